The first-order chi connectivity index (χ1) is 11.0. The Morgan fingerprint density at radius 2 is 1.48 bits per heavy atom. The van der Waals surface area contributed by atoms with Crippen molar-refractivity contribution in [3.05, 3.63) is 71.8 Å². The molecule has 0 spiro atoms. The Morgan fingerprint density at radius 3 is 1.87 bits per heavy atom. The molecule has 2 rings (SSSR count). The maximum Gasteiger partial charge on any atom is 0.404 e. The second-order valence-corrected chi connectivity index (χ2v) is 6.03. The van der Waals surface area contributed by atoms with Gasteiger partial charge < -0.3 is 15.3 Å². The number of carbonyl (C=O) groups is 1. The van der Waals surface area contributed by atoms with Gasteiger partial charge >= 0.3 is 6.09 Å². The molecule has 2 N–H and O–H groups in total. The molecule has 0 aromatic heterocycles. The van der Waals surface area contributed by atoms with Crippen LogP contribution >= 0.6 is 0 Å². The topological polar surface area (TPSA) is 52.6 Å². The van der Waals surface area contributed by atoms with Gasteiger partial charge in [-0.1, -0.05) is 60.7 Å². The van der Waals surface area contributed by atoms with Crippen molar-refractivity contribution >= 4 is 6.09 Å². The molecule has 0 atom stereocenters. The van der Waals surface area contributed by atoms with E-state index in [1.54, 1.807) is 0 Å². The van der Waals surface area contributed by atoms with Gasteiger partial charge in [-0.15, -0.1) is 0 Å². The molecule has 0 saturated carbocycles. The molecule has 23 heavy (non-hydrogen) atoms. The molecular weight excluding hydrogens is 288 g/mol. The van der Waals surface area contributed by atoms with Crippen molar-refractivity contribution in [1.82, 2.24) is 10.2 Å². The van der Waals surface area contributed by atoms with Crippen LogP contribution in [-0.4, -0.2) is 43.3 Å². The number of hydrogen-bond acceptors (Lipinski definition) is 2. The number of carboxylic acid groups (broad SMARTS) is 1. The van der Waals surface area contributed by atoms with E-state index in [1.807, 2.05) is 50.5 Å². The lowest BCUT2D eigenvalue weighted by atomic mass is 9.71. The van der Waals surface area contributed by atoms with Gasteiger partial charge in [-0.05, 0) is 38.2 Å². The van der Waals surface area contributed by atoms with Crippen LogP contribution in [0.3, 0.4) is 0 Å². The summed E-state index contributed by atoms with van der Waals surface area (Å²) in [6, 6.07) is 20.3. The second kappa shape index (κ2) is 7.79. The van der Waals surface area contributed by atoms with Crippen molar-refractivity contribution < 1.29 is 9.90 Å². The van der Waals surface area contributed by atoms with E-state index in [0.717, 1.165) is 24.1 Å². The first kappa shape index (κ1) is 17.0. The van der Waals surface area contributed by atoms with Crippen LogP contribution in [0.25, 0.3) is 0 Å². The summed E-state index contributed by atoms with van der Waals surface area (Å²) in [5.74, 6) is 0. The highest BCUT2D eigenvalue weighted by atomic mass is 16.4. The van der Waals surface area contributed by atoms with Gasteiger partial charge in [0, 0.05) is 12.0 Å². The van der Waals surface area contributed by atoms with E-state index in [4.69, 9.17) is 5.11 Å². The fraction of sp³-hybridized carbons (Fsp3) is 0.316. The minimum absolute atomic E-state index is 0.351. The molecule has 0 saturated heterocycles. The molecular formula is C19H24N2O2. The van der Waals surface area contributed by atoms with Crippen LogP contribution in [0.5, 0.6) is 0 Å². The lowest BCUT2D eigenvalue weighted by Crippen LogP contribution is -2.43. The SMILES string of the molecule is CN(C)CCC(CNC(=O)O)(c1ccccc1)c1ccccc1. The van der Waals surface area contributed by atoms with Crippen molar-refractivity contribution in [2.45, 2.75) is 11.8 Å². The molecule has 1 amide bonds. The number of nitrogens with one attached hydrogen (secondary N) is 1. The van der Waals surface area contributed by atoms with Crippen molar-refractivity contribution in [3.63, 3.8) is 0 Å². The molecule has 2 aromatic carbocycles. The summed E-state index contributed by atoms with van der Waals surface area (Å²) in [6.45, 7) is 1.22. The Morgan fingerprint density at radius 1 is 1.00 bits per heavy atom. The Balaban J connectivity index is 2.50. The third-order valence-electron chi connectivity index (χ3n) is 4.18. The van der Waals surface area contributed by atoms with Crippen LogP contribution in [0.1, 0.15) is 17.5 Å². The third kappa shape index (κ3) is 4.33. The number of benzene rings is 2. The Kier molecular flexibility index (Phi) is 5.77. The number of hydrogen-bond donors (Lipinski definition) is 2. The predicted molar refractivity (Wildman–Crippen MR) is 92.9 cm³/mol. The van der Waals surface area contributed by atoms with E-state index in [2.05, 4.69) is 34.5 Å². The summed E-state index contributed by atoms with van der Waals surface area (Å²) in [7, 11) is 4.07. The zero-order valence-electron chi connectivity index (χ0n) is 13.7. The molecule has 0 radical (unpaired) electrons. The van der Waals surface area contributed by atoms with Crippen molar-refractivity contribution in [2.75, 3.05) is 27.2 Å². The number of rotatable bonds is 7. The molecule has 122 valence electrons. The lowest BCUT2D eigenvalue weighted by Gasteiger charge is -2.36. The van der Waals surface area contributed by atoms with E-state index in [1.165, 1.54) is 0 Å². The smallest absolute Gasteiger partial charge is 0.404 e. The fourth-order valence-electron chi connectivity index (χ4n) is 2.90. The zero-order chi connectivity index (χ0) is 16.7. The summed E-state index contributed by atoms with van der Waals surface area (Å²) in [5, 5.41) is 11.7. The molecule has 0 bridgehead atoms. The molecule has 0 aliphatic rings. The lowest BCUT2D eigenvalue weighted by molar-refractivity contribution is 0.191. The Bertz CT molecular complexity index is 572. The summed E-state index contributed by atoms with van der Waals surface area (Å²) in [6.07, 6.45) is -0.167. The first-order valence-electron chi connectivity index (χ1n) is 7.77. The summed E-state index contributed by atoms with van der Waals surface area (Å²) in [4.78, 5) is 13.3. The Labute approximate surface area is 137 Å². The van der Waals surface area contributed by atoms with Gasteiger partial charge in [0.15, 0.2) is 0 Å². The molecule has 0 aliphatic carbocycles. The molecule has 4 nitrogen and oxygen atoms in total. The maximum absolute atomic E-state index is 11.1. The number of amides is 1. The minimum atomic E-state index is -0.994. The Hall–Kier alpha value is -2.33. The second-order valence-electron chi connectivity index (χ2n) is 6.03. The minimum Gasteiger partial charge on any atom is -0.465 e. The summed E-state index contributed by atoms with van der Waals surface area (Å²) < 4.78 is 0. The highest BCUT2D eigenvalue weighted by molar-refractivity contribution is 5.65. The monoisotopic (exact) mass is 312 g/mol. The van der Waals surface area contributed by atoms with Crippen molar-refractivity contribution in [1.29, 1.82) is 0 Å². The fourth-order valence-corrected chi connectivity index (χ4v) is 2.90. The zero-order valence-corrected chi connectivity index (χ0v) is 13.7. The molecule has 0 heterocycles. The first-order valence-corrected chi connectivity index (χ1v) is 7.77. The van der Waals surface area contributed by atoms with Gasteiger partial charge in [0.2, 0.25) is 0 Å². The third-order valence-corrected chi connectivity index (χ3v) is 4.18. The van der Waals surface area contributed by atoms with Gasteiger partial charge in [0.05, 0.1) is 0 Å². The molecule has 2 aromatic rings. The van der Waals surface area contributed by atoms with Crippen LogP contribution in [0.4, 0.5) is 4.79 Å². The maximum atomic E-state index is 11.1. The van der Waals surface area contributed by atoms with Crippen LogP contribution in [-0.2, 0) is 5.41 Å². The van der Waals surface area contributed by atoms with E-state index in [0.29, 0.717) is 6.54 Å². The normalized spacial score (nSPS) is 11.4. The van der Waals surface area contributed by atoms with Crippen molar-refractivity contribution in [3.8, 4) is 0 Å². The van der Waals surface area contributed by atoms with E-state index < -0.39 is 6.09 Å². The standard InChI is InChI=1S/C19H24N2O2/c1-21(2)14-13-19(15-20-18(22)23,16-9-5-3-6-10-16)17-11-7-4-8-12-17/h3-12,20H,13-15H2,1-2H3,(H,22,23). The van der Waals surface area contributed by atoms with E-state index in [9.17, 15) is 4.79 Å². The molecule has 0 unspecified atom stereocenters. The van der Waals surface area contributed by atoms with E-state index in [-0.39, 0.29) is 5.41 Å². The number of nitrogens with zero attached hydrogens (tertiary/aromatic N) is 1. The summed E-state index contributed by atoms with van der Waals surface area (Å²) in [5.41, 5.74) is 1.87. The molecule has 0 fully saturated rings. The molecule has 4 heteroatoms. The van der Waals surface area contributed by atoms with E-state index >= 15 is 0 Å². The van der Waals surface area contributed by atoms with Crippen LogP contribution in [0, 0.1) is 0 Å². The average molecular weight is 312 g/mol. The van der Waals surface area contributed by atoms with Gasteiger partial charge in [0.25, 0.3) is 0 Å². The van der Waals surface area contributed by atoms with Gasteiger partial charge in [0.1, 0.15) is 0 Å². The largest absolute Gasteiger partial charge is 0.465 e. The average Bonchev–Trinajstić information content (AvgIpc) is 2.56. The quantitative estimate of drug-likeness (QED) is 0.825. The predicted octanol–water partition coefficient (Wildman–Crippen LogP) is 3.19. The van der Waals surface area contributed by atoms with Gasteiger partial charge in [-0.2, -0.15) is 0 Å². The van der Waals surface area contributed by atoms with Gasteiger partial charge in [-0.25, -0.2) is 4.79 Å². The highest BCUT2D eigenvalue weighted by Crippen LogP contribution is 2.35. The highest BCUT2D eigenvalue weighted by Gasteiger charge is 2.34. The van der Waals surface area contributed by atoms with Gasteiger partial charge in [-0.3, -0.25) is 0 Å². The molecule has 0 aliphatic heterocycles. The van der Waals surface area contributed by atoms with Crippen LogP contribution in [0.2, 0.25) is 0 Å². The summed E-state index contributed by atoms with van der Waals surface area (Å²) >= 11 is 0. The van der Waals surface area contributed by atoms with Crippen molar-refractivity contribution in [2.24, 2.45) is 0 Å². The van der Waals surface area contributed by atoms with Crippen LogP contribution in [0.15, 0.2) is 60.7 Å². The van der Waals surface area contributed by atoms with Crippen LogP contribution < -0.4 is 5.32 Å².